The minimum Gasteiger partial charge on any atom is -0.253 e. The molecule has 1 aliphatic rings. The van der Waals surface area contributed by atoms with Crippen molar-refractivity contribution in [2.24, 2.45) is 4.99 Å². The van der Waals surface area contributed by atoms with Gasteiger partial charge in [0.15, 0.2) is 0 Å². The van der Waals surface area contributed by atoms with Crippen LogP contribution < -0.4 is 0 Å². The molecule has 0 saturated heterocycles. The SMILES string of the molecule is BrC1=CN=C(Br)C1. The van der Waals surface area contributed by atoms with Crippen LogP contribution in [-0.2, 0) is 0 Å². The predicted octanol–water partition coefficient (Wildman–Crippen LogP) is 2.42. The van der Waals surface area contributed by atoms with E-state index < -0.39 is 0 Å². The van der Waals surface area contributed by atoms with E-state index >= 15 is 0 Å². The fourth-order valence-electron chi connectivity index (χ4n) is 0.371. The molecule has 0 unspecified atom stereocenters. The first-order valence-electron chi connectivity index (χ1n) is 1.86. The fraction of sp³-hybridized carbons (Fsp3) is 0.250. The molecule has 0 aromatic rings. The molecule has 0 aromatic carbocycles. The lowest BCUT2D eigenvalue weighted by atomic mass is 10.5. The van der Waals surface area contributed by atoms with Crippen molar-refractivity contribution in [2.45, 2.75) is 6.42 Å². The van der Waals surface area contributed by atoms with Crippen molar-refractivity contribution in [3.05, 3.63) is 10.7 Å². The lowest BCUT2D eigenvalue weighted by Crippen LogP contribution is -1.74. The molecular weight excluding hydrogens is 222 g/mol. The molecular formula is C4H3Br2N. The van der Waals surface area contributed by atoms with Crippen molar-refractivity contribution in [2.75, 3.05) is 0 Å². The molecule has 0 fully saturated rings. The van der Waals surface area contributed by atoms with E-state index in [2.05, 4.69) is 36.9 Å². The molecule has 7 heavy (non-hydrogen) atoms. The highest BCUT2D eigenvalue weighted by molar-refractivity contribution is 9.18. The third-order valence-corrected chi connectivity index (χ3v) is 1.63. The molecule has 0 aliphatic carbocycles. The largest absolute Gasteiger partial charge is 0.253 e. The van der Waals surface area contributed by atoms with Gasteiger partial charge in [0.1, 0.15) is 0 Å². The molecule has 0 saturated carbocycles. The molecule has 0 bridgehead atoms. The summed E-state index contributed by atoms with van der Waals surface area (Å²) in [5.41, 5.74) is 0. The second-order valence-corrected chi connectivity index (χ2v) is 3.19. The van der Waals surface area contributed by atoms with Crippen LogP contribution in [0.1, 0.15) is 6.42 Å². The summed E-state index contributed by atoms with van der Waals surface area (Å²) >= 11 is 6.54. The topological polar surface area (TPSA) is 12.4 Å². The van der Waals surface area contributed by atoms with Gasteiger partial charge in [-0.05, 0) is 15.9 Å². The van der Waals surface area contributed by atoms with Crippen LogP contribution in [0.5, 0.6) is 0 Å². The highest BCUT2D eigenvalue weighted by Crippen LogP contribution is 2.19. The molecule has 38 valence electrons. The number of allylic oxidation sites excluding steroid dienone is 1. The van der Waals surface area contributed by atoms with Gasteiger partial charge in [-0.3, -0.25) is 4.99 Å². The number of halogens is 2. The summed E-state index contributed by atoms with van der Waals surface area (Å²) in [6.45, 7) is 0. The van der Waals surface area contributed by atoms with E-state index in [0.29, 0.717) is 0 Å². The molecule has 3 heteroatoms. The Kier molecular flexibility index (Phi) is 1.65. The molecule has 0 spiro atoms. The van der Waals surface area contributed by atoms with E-state index in [9.17, 15) is 0 Å². The molecule has 1 aliphatic heterocycles. The molecule has 0 radical (unpaired) electrons. The normalized spacial score (nSPS) is 19.1. The maximum atomic E-state index is 3.94. The van der Waals surface area contributed by atoms with Crippen molar-refractivity contribution in [1.29, 1.82) is 0 Å². The zero-order chi connectivity index (χ0) is 5.28. The second-order valence-electron chi connectivity index (χ2n) is 1.26. The van der Waals surface area contributed by atoms with E-state index in [0.717, 1.165) is 15.5 Å². The molecule has 0 aromatic heterocycles. The van der Waals surface area contributed by atoms with Crippen LogP contribution in [0, 0.1) is 0 Å². The van der Waals surface area contributed by atoms with Gasteiger partial charge >= 0.3 is 0 Å². The van der Waals surface area contributed by atoms with Gasteiger partial charge in [-0.15, -0.1) is 0 Å². The van der Waals surface area contributed by atoms with Gasteiger partial charge in [-0.1, -0.05) is 15.9 Å². The summed E-state index contributed by atoms with van der Waals surface area (Å²) in [4.78, 5) is 3.94. The third kappa shape index (κ3) is 1.39. The summed E-state index contributed by atoms with van der Waals surface area (Å²) < 4.78 is 2.14. The third-order valence-electron chi connectivity index (χ3n) is 0.659. The highest BCUT2D eigenvalue weighted by Gasteiger charge is 2.01. The Morgan fingerprint density at radius 3 is 2.43 bits per heavy atom. The molecule has 1 nitrogen and oxygen atoms in total. The van der Waals surface area contributed by atoms with Gasteiger partial charge in [0.25, 0.3) is 0 Å². The van der Waals surface area contributed by atoms with Gasteiger partial charge < -0.3 is 0 Å². The maximum absolute atomic E-state index is 3.94. The Morgan fingerprint density at radius 2 is 2.29 bits per heavy atom. The molecule has 0 atom stereocenters. The zero-order valence-corrected chi connectivity index (χ0v) is 6.66. The van der Waals surface area contributed by atoms with E-state index in [4.69, 9.17) is 0 Å². The van der Waals surface area contributed by atoms with Crippen molar-refractivity contribution < 1.29 is 0 Å². The average Bonchev–Trinajstić information content (AvgIpc) is 1.87. The first-order valence-corrected chi connectivity index (χ1v) is 3.44. The van der Waals surface area contributed by atoms with E-state index in [1.54, 1.807) is 6.20 Å². The van der Waals surface area contributed by atoms with Gasteiger partial charge in [0, 0.05) is 17.1 Å². The first kappa shape index (κ1) is 5.51. The van der Waals surface area contributed by atoms with Crippen molar-refractivity contribution in [3.63, 3.8) is 0 Å². The summed E-state index contributed by atoms with van der Waals surface area (Å²) in [6, 6.07) is 0. The van der Waals surface area contributed by atoms with Gasteiger partial charge in [-0.25, -0.2) is 0 Å². The van der Waals surface area contributed by atoms with Crippen molar-refractivity contribution in [1.82, 2.24) is 0 Å². The van der Waals surface area contributed by atoms with Gasteiger partial charge in [0.2, 0.25) is 0 Å². The molecule has 1 heterocycles. The number of aliphatic imine (C=N–C) groups is 1. The van der Waals surface area contributed by atoms with Gasteiger partial charge in [0.05, 0.1) is 4.62 Å². The van der Waals surface area contributed by atoms with Crippen LogP contribution in [0.3, 0.4) is 0 Å². The number of nitrogens with zero attached hydrogens (tertiary/aromatic N) is 1. The van der Waals surface area contributed by atoms with Crippen molar-refractivity contribution >= 4 is 36.5 Å². The van der Waals surface area contributed by atoms with E-state index in [-0.39, 0.29) is 0 Å². The minimum atomic E-state index is 0.917. The van der Waals surface area contributed by atoms with E-state index in [1.807, 2.05) is 0 Å². The second kappa shape index (κ2) is 2.09. The smallest absolute Gasteiger partial charge is 0.0879 e. The van der Waals surface area contributed by atoms with Crippen LogP contribution in [-0.4, -0.2) is 4.62 Å². The van der Waals surface area contributed by atoms with E-state index in [1.165, 1.54) is 0 Å². The van der Waals surface area contributed by atoms with Crippen LogP contribution in [0.2, 0.25) is 0 Å². The zero-order valence-electron chi connectivity index (χ0n) is 3.49. The molecule has 1 rings (SSSR count). The molecule has 0 amide bonds. The summed E-state index contributed by atoms with van der Waals surface area (Å²) in [7, 11) is 0. The first-order chi connectivity index (χ1) is 3.29. The Morgan fingerprint density at radius 1 is 1.57 bits per heavy atom. The summed E-state index contributed by atoms with van der Waals surface area (Å²) in [5, 5.41) is 0. The summed E-state index contributed by atoms with van der Waals surface area (Å²) in [6.07, 6.45) is 2.71. The maximum Gasteiger partial charge on any atom is 0.0879 e. The van der Waals surface area contributed by atoms with Crippen LogP contribution in [0.15, 0.2) is 15.7 Å². The summed E-state index contributed by atoms with van der Waals surface area (Å²) in [5.74, 6) is 0. The monoisotopic (exact) mass is 223 g/mol. The number of hydrogen-bond donors (Lipinski definition) is 0. The number of rotatable bonds is 0. The number of hydrogen-bond acceptors (Lipinski definition) is 1. The lowest BCUT2D eigenvalue weighted by Gasteiger charge is -1.80. The standard InChI is InChI=1S/C4H3Br2N/c5-3-1-4(6)7-2-3/h2H,1H2. The van der Waals surface area contributed by atoms with Crippen LogP contribution >= 0.6 is 31.9 Å². The Balaban J connectivity index is 2.61. The van der Waals surface area contributed by atoms with Crippen LogP contribution in [0.25, 0.3) is 0 Å². The predicted molar refractivity (Wildman–Crippen MR) is 38.0 cm³/mol. The lowest BCUT2D eigenvalue weighted by molar-refractivity contribution is 1.56. The van der Waals surface area contributed by atoms with Gasteiger partial charge in [-0.2, -0.15) is 0 Å². The van der Waals surface area contributed by atoms with Crippen LogP contribution in [0.4, 0.5) is 0 Å². The minimum absolute atomic E-state index is 0.917. The quantitative estimate of drug-likeness (QED) is 0.600. The Hall–Kier alpha value is 0.370. The average molecular weight is 225 g/mol. The van der Waals surface area contributed by atoms with Crippen molar-refractivity contribution in [3.8, 4) is 0 Å². The molecule has 0 N–H and O–H groups in total. The highest BCUT2D eigenvalue weighted by atomic mass is 79.9. The Bertz CT molecular complexity index is 121. The fourth-order valence-corrected chi connectivity index (χ4v) is 1.52. The Labute approximate surface area is 58.8 Å².